The number of sulfonamides is 1. The summed E-state index contributed by atoms with van der Waals surface area (Å²) in [5.74, 6) is 0.289. The Kier molecular flexibility index (Phi) is 5.59. The predicted molar refractivity (Wildman–Crippen MR) is 72.4 cm³/mol. The highest BCUT2D eigenvalue weighted by Crippen LogP contribution is 2.18. The van der Waals surface area contributed by atoms with E-state index in [0.29, 0.717) is 5.56 Å². The Hall–Kier alpha value is -0.620. The van der Waals surface area contributed by atoms with E-state index < -0.39 is 10.0 Å². The Morgan fingerprint density at radius 1 is 1.44 bits per heavy atom. The van der Waals surface area contributed by atoms with Gasteiger partial charge in [-0.25, -0.2) is 13.1 Å². The number of benzene rings is 1. The van der Waals surface area contributed by atoms with Gasteiger partial charge in [0.1, 0.15) is 0 Å². The zero-order valence-electron chi connectivity index (χ0n) is 10.7. The van der Waals surface area contributed by atoms with E-state index in [1.165, 1.54) is 0 Å². The first-order chi connectivity index (χ1) is 8.40. The molecule has 0 fully saturated rings. The summed E-state index contributed by atoms with van der Waals surface area (Å²) in [6, 6.07) is 5.17. The molecule has 0 aromatic heterocycles. The van der Waals surface area contributed by atoms with E-state index in [1.807, 2.05) is 6.07 Å². The van der Waals surface area contributed by atoms with Gasteiger partial charge in [0.05, 0.1) is 11.0 Å². The second-order valence-electron chi connectivity index (χ2n) is 4.13. The van der Waals surface area contributed by atoms with Crippen molar-refractivity contribution in [3.8, 4) is 0 Å². The molecule has 18 heavy (non-hydrogen) atoms. The lowest BCUT2D eigenvalue weighted by Crippen LogP contribution is -2.32. The van der Waals surface area contributed by atoms with Crippen molar-refractivity contribution in [2.45, 2.75) is 30.7 Å². The van der Waals surface area contributed by atoms with Gasteiger partial charge in [-0.3, -0.25) is 0 Å². The number of halogens is 1. The highest BCUT2D eigenvalue weighted by Gasteiger charge is 2.17. The maximum Gasteiger partial charge on any atom is 0.240 e. The van der Waals surface area contributed by atoms with Crippen molar-refractivity contribution in [1.82, 2.24) is 4.72 Å². The highest BCUT2D eigenvalue weighted by molar-refractivity contribution is 7.89. The van der Waals surface area contributed by atoms with Crippen LogP contribution in [-0.2, 0) is 20.6 Å². The second-order valence-corrected chi connectivity index (χ2v) is 6.13. The lowest BCUT2D eigenvalue weighted by molar-refractivity contribution is 0.122. The molecule has 0 heterocycles. The molecule has 1 aromatic rings. The molecule has 0 spiro atoms. The van der Waals surface area contributed by atoms with Crippen molar-refractivity contribution in [1.29, 1.82) is 0 Å². The predicted octanol–water partition coefficient (Wildman–Crippen LogP) is 2.05. The molecule has 0 saturated carbocycles. The van der Waals surface area contributed by atoms with Gasteiger partial charge in [0.15, 0.2) is 0 Å². The van der Waals surface area contributed by atoms with E-state index in [2.05, 4.69) is 4.72 Å². The van der Waals surface area contributed by atoms with E-state index in [0.717, 1.165) is 5.56 Å². The van der Waals surface area contributed by atoms with Gasteiger partial charge in [-0.2, -0.15) is 0 Å². The topological polar surface area (TPSA) is 55.4 Å². The minimum absolute atomic E-state index is 0.170. The van der Waals surface area contributed by atoms with Gasteiger partial charge >= 0.3 is 0 Å². The van der Waals surface area contributed by atoms with Crippen LogP contribution in [0.2, 0.25) is 0 Å². The largest absolute Gasteiger partial charge is 0.380 e. The number of rotatable bonds is 6. The Balaban J connectivity index is 2.97. The Morgan fingerprint density at radius 2 is 2.11 bits per heavy atom. The maximum absolute atomic E-state index is 12.1. The van der Waals surface area contributed by atoms with Crippen LogP contribution >= 0.6 is 11.6 Å². The van der Waals surface area contributed by atoms with Crippen LogP contribution in [0.25, 0.3) is 0 Å². The smallest absolute Gasteiger partial charge is 0.240 e. The van der Waals surface area contributed by atoms with Gasteiger partial charge in [-0.15, -0.1) is 11.6 Å². The maximum atomic E-state index is 12.1. The summed E-state index contributed by atoms with van der Waals surface area (Å²) in [5, 5.41) is 0. The van der Waals surface area contributed by atoms with Crippen LogP contribution in [0, 0.1) is 6.92 Å². The SMILES string of the molecule is COC(C)CNS(=O)(=O)c1cc(CCl)ccc1C. The van der Waals surface area contributed by atoms with Crippen molar-refractivity contribution in [3.05, 3.63) is 29.3 Å². The Labute approximate surface area is 113 Å². The van der Waals surface area contributed by atoms with Gasteiger partial charge in [0.25, 0.3) is 0 Å². The van der Waals surface area contributed by atoms with Crippen LogP contribution in [0.5, 0.6) is 0 Å². The molecular weight excluding hydrogens is 274 g/mol. The molecule has 0 saturated heterocycles. The van der Waals surface area contributed by atoms with Crippen molar-refractivity contribution < 1.29 is 13.2 Å². The fraction of sp³-hybridized carbons (Fsp3) is 0.500. The number of hydrogen-bond acceptors (Lipinski definition) is 3. The number of nitrogens with one attached hydrogen (secondary N) is 1. The summed E-state index contributed by atoms with van der Waals surface area (Å²) in [5.41, 5.74) is 1.48. The van der Waals surface area contributed by atoms with Gasteiger partial charge in [0, 0.05) is 19.5 Å². The van der Waals surface area contributed by atoms with Crippen LogP contribution < -0.4 is 4.72 Å². The third-order valence-electron chi connectivity index (χ3n) is 2.66. The third-order valence-corrected chi connectivity index (χ3v) is 4.53. The molecule has 0 aliphatic carbocycles. The Bertz CT molecular complexity index is 502. The van der Waals surface area contributed by atoms with E-state index in [4.69, 9.17) is 16.3 Å². The molecule has 1 N–H and O–H groups in total. The highest BCUT2D eigenvalue weighted by atomic mass is 35.5. The second kappa shape index (κ2) is 6.52. The normalized spacial score (nSPS) is 13.6. The molecule has 102 valence electrons. The number of aryl methyl sites for hydroxylation is 1. The van der Waals surface area contributed by atoms with Crippen LogP contribution in [0.15, 0.2) is 23.1 Å². The molecule has 0 radical (unpaired) electrons. The first kappa shape index (κ1) is 15.4. The van der Waals surface area contributed by atoms with Crippen LogP contribution in [0.4, 0.5) is 0 Å². The van der Waals surface area contributed by atoms with Crippen LogP contribution in [0.3, 0.4) is 0 Å². The number of ether oxygens (including phenoxy) is 1. The number of alkyl halides is 1. The van der Waals surface area contributed by atoms with Crippen molar-refractivity contribution in [3.63, 3.8) is 0 Å². The lowest BCUT2D eigenvalue weighted by atomic mass is 10.2. The average molecular weight is 292 g/mol. The summed E-state index contributed by atoms with van der Waals surface area (Å²) in [6.07, 6.45) is -0.170. The monoisotopic (exact) mass is 291 g/mol. The molecule has 0 aliphatic rings. The van der Waals surface area contributed by atoms with Crippen molar-refractivity contribution in [2.75, 3.05) is 13.7 Å². The molecule has 1 aromatic carbocycles. The Morgan fingerprint density at radius 3 is 2.67 bits per heavy atom. The minimum Gasteiger partial charge on any atom is -0.380 e. The zero-order chi connectivity index (χ0) is 13.8. The summed E-state index contributed by atoms with van der Waals surface area (Å²) >= 11 is 5.72. The fourth-order valence-electron chi connectivity index (χ4n) is 1.41. The first-order valence-electron chi connectivity index (χ1n) is 5.58. The van der Waals surface area contributed by atoms with E-state index in [1.54, 1.807) is 33.1 Å². The molecule has 0 amide bonds. The standard InChI is InChI=1S/C12H18ClNO3S/c1-9-4-5-11(7-13)6-12(9)18(15,16)14-8-10(2)17-3/h4-6,10,14H,7-8H2,1-3H3. The molecule has 0 bridgehead atoms. The quantitative estimate of drug-likeness (QED) is 0.816. The van der Waals surface area contributed by atoms with Crippen molar-refractivity contribution >= 4 is 21.6 Å². The lowest BCUT2D eigenvalue weighted by Gasteiger charge is -2.13. The van der Waals surface area contributed by atoms with Gasteiger partial charge < -0.3 is 4.74 Å². The molecule has 1 rings (SSSR count). The number of hydrogen-bond donors (Lipinski definition) is 1. The summed E-state index contributed by atoms with van der Waals surface area (Å²) in [6.45, 7) is 3.79. The summed E-state index contributed by atoms with van der Waals surface area (Å²) in [4.78, 5) is 0.268. The summed E-state index contributed by atoms with van der Waals surface area (Å²) in [7, 11) is -1.98. The van der Waals surface area contributed by atoms with Gasteiger partial charge in [-0.05, 0) is 31.0 Å². The van der Waals surface area contributed by atoms with E-state index in [9.17, 15) is 8.42 Å². The van der Waals surface area contributed by atoms with Gasteiger partial charge in [0.2, 0.25) is 10.0 Å². The van der Waals surface area contributed by atoms with Crippen LogP contribution in [0.1, 0.15) is 18.1 Å². The summed E-state index contributed by atoms with van der Waals surface area (Å²) < 4.78 is 31.8. The van der Waals surface area contributed by atoms with Crippen molar-refractivity contribution in [2.24, 2.45) is 0 Å². The minimum atomic E-state index is -3.52. The fourth-order valence-corrected chi connectivity index (χ4v) is 2.98. The number of methoxy groups -OCH3 is 1. The van der Waals surface area contributed by atoms with E-state index in [-0.39, 0.29) is 23.4 Å². The molecular formula is C12H18ClNO3S. The molecule has 4 nitrogen and oxygen atoms in total. The molecule has 1 atom stereocenters. The van der Waals surface area contributed by atoms with Crippen LogP contribution in [-0.4, -0.2) is 28.2 Å². The third kappa shape index (κ3) is 3.95. The average Bonchev–Trinajstić information content (AvgIpc) is 2.36. The van der Waals surface area contributed by atoms with Gasteiger partial charge in [-0.1, -0.05) is 12.1 Å². The van der Waals surface area contributed by atoms with E-state index >= 15 is 0 Å². The molecule has 6 heteroatoms. The first-order valence-corrected chi connectivity index (χ1v) is 7.60. The zero-order valence-corrected chi connectivity index (χ0v) is 12.3. The molecule has 1 unspecified atom stereocenters. The molecule has 0 aliphatic heterocycles.